The van der Waals surface area contributed by atoms with Gasteiger partial charge in [0, 0.05) is 8.59 Å². The maximum absolute atomic E-state index is 12.1. The molecule has 0 heterocycles. The minimum Gasteiger partial charge on any atom is -0.423 e. The maximum atomic E-state index is 12.1. The molecule has 0 aliphatic rings. The molecule has 3 aromatic rings. The maximum Gasteiger partial charge on any atom is 0.343 e. The molecule has 7 heteroatoms. The van der Waals surface area contributed by atoms with E-state index in [1.54, 1.807) is 60.7 Å². The van der Waals surface area contributed by atoms with Crippen LogP contribution in [0.15, 0.2) is 77.9 Å². The van der Waals surface area contributed by atoms with E-state index in [2.05, 4.69) is 33.1 Å². The minimum atomic E-state index is -0.492. The molecule has 3 rings (SSSR count). The lowest BCUT2D eigenvalue weighted by Gasteiger charge is -2.05. The molecule has 140 valence electrons. The van der Waals surface area contributed by atoms with Crippen molar-refractivity contribution in [3.05, 3.63) is 98.1 Å². The molecule has 0 unspecified atom stereocenters. The lowest BCUT2D eigenvalue weighted by Crippen LogP contribution is -2.18. The normalized spacial score (nSPS) is 10.6. The largest absolute Gasteiger partial charge is 0.423 e. The van der Waals surface area contributed by atoms with Crippen LogP contribution in [0, 0.1) is 3.57 Å². The standard InChI is InChI=1S/C21H14ClIN2O3/c22-16-5-3-4-15(12-16)21(27)28-17-10-8-14(9-11-17)13-24-25-20(26)18-6-1-2-7-19(18)23/h1-13H,(H,25,26). The zero-order chi connectivity index (χ0) is 19.9. The van der Waals surface area contributed by atoms with Crippen molar-refractivity contribution >= 4 is 52.3 Å². The third-order valence-electron chi connectivity index (χ3n) is 3.65. The lowest BCUT2D eigenvalue weighted by molar-refractivity contribution is 0.0734. The van der Waals surface area contributed by atoms with Crippen molar-refractivity contribution in [3.8, 4) is 5.75 Å². The number of nitrogens with zero attached hydrogens (tertiary/aromatic N) is 1. The van der Waals surface area contributed by atoms with Crippen LogP contribution in [0.5, 0.6) is 5.75 Å². The molecule has 3 aromatic carbocycles. The van der Waals surface area contributed by atoms with Crippen molar-refractivity contribution in [2.45, 2.75) is 0 Å². The van der Waals surface area contributed by atoms with Crippen LogP contribution in [0.25, 0.3) is 0 Å². The molecule has 0 aliphatic carbocycles. The summed E-state index contributed by atoms with van der Waals surface area (Å²) >= 11 is 7.97. The third kappa shape index (κ3) is 5.40. The van der Waals surface area contributed by atoms with Crippen molar-refractivity contribution in [1.82, 2.24) is 5.43 Å². The summed E-state index contributed by atoms with van der Waals surface area (Å²) in [5, 5.41) is 4.42. The Hall–Kier alpha value is -2.71. The van der Waals surface area contributed by atoms with Crippen LogP contribution >= 0.6 is 34.2 Å². The Balaban J connectivity index is 1.58. The number of rotatable bonds is 5. The van der Waals surface area contributed by atoms with E-state index < -0.39 is 5.97 Å². The predicted octanol–water partition coefficient (Wildman–Crippen LogP) is 4.93. The van der Waals surface area contributed by atoms with Gasteiger partial charge >= 0.3 is 5.97 Å². The second-order valence-electron chi connectivity index (χ2n) is 5.65. The highest BCUT2D eigenvalue weighted by Gasteiger charge is 2.09. The molecule has 0 saturated carbocycles. The van der Waals surface area contributed by atoms with E-state index in [-0.39, 0.29) is 5.91 Å². The van der Waals surface area contributed by atoms with Gasteiger partial charge in [-0.2, -0.15) is 5.10 Å². The summed E-state index contributed by atoms with van der Waals surface area (Å²) in [5.74, 6) is -0.382. The molecule has 5 nitrogen and oxygen atoms in total. The fourth-order valence-corrected chi connectivity index (χ4v) is 3.10. The van der Waals surface area contributed by atoms with Gasteiger partial charge in [0.1, 0.15) is 5.75 Å². The van der Waals surface area contributed by atoms with E-state index >= 15 is 0 Å². The number of carbonyl (C=O) groups excluding carboxylic acids is 2. The summed E-state index contributed by atoms with van der Waals surface area (Å²) < 4.78 is 6.16. The van der Waals surface area contributed by atoms with Gasteiger partial charge < -0.3 is 4.74 Å². The molecule has 1 N–H and O–H groups in total. The number of hydrogen-bond acceptors (Lipinski definition) is 4. The molecule has 1 amide bonds. The number of ether oxygens (including phenoxy) is 1. The second-order valence-corrected chi connectivity index (χ2v) is 7.25. The van der Waals surface area contributed by atoms with E-state index in [1.165, 1.54) is 6.21 Å². The Kier molecular flexibility index (Phi) is 6.78. The van der Waals surface area contributed by atoms with Gasteiger partial charge in [-0.1, -0.05) is 29.8 Å². The second kappa shape index (κ2) is 9.48. The molecule has 0 bridgehead atoms. The number of amides is 1. The number of hydrogen-bond donors (Lipinski definition) is 1. The summed E-state index contributed by atoms with van der Waals surface area (Å²) in [5.41, 5.74) is 4.16. The number of esters is 1. The minimum absolute atomic E-state index is 0.284. The fraction of sp³-hybridized carbons (Fsp3) is 0. The van der Waals surface area contributed by atoms with E-state index in [9.17, 15) is 9.59 Å². The van der Waals surface area contributed by atoms with E-state index in [0.717, 1.165) is 9.13 Å². The zero-order valence-electron chi connectivity index (χ0n) is 14.4. The first-order valence-electron chi connectivity index (χ1n) is 8.19. The van der Waals surface area contributed by atoms with Crippen molar-refractivity contribution < 1.29 is 14.3 Å². The number of carbonyl (C=O) groups is 2. The summed E-state index contributed by atoms with van der Waals surface area (Å²) in [4.78, 5) is 24.2. The van der Waals surface area contributed by atoms with Crippen molar-refractivity contribution in [1.29, 1.82) is 0 Å². The van der Waals surface area contributed by atoms with Crippen molar-refractivity contribution in [2.24, 2.45) is 5.10 Å². The van der Waals surface area contributed by atoms with Gasteiger partial charge in [-0.15, -0.1) is 0 Å². The third-order valence-corrected chi connectivity index (χ3v) is 4.82. The van der Waals surface area contributed by atoms with Crippen LogP contribution in [-0.2, 0) is 0 Å². The Morgan fingerprint density at radius 3 is 2.46 bits per heavy atom. The van der Waals surface area contributed by atoms with Crippen LogP contribution < -0.4 is 10.2 Å². The highest BCUT2D eigenvalue weighted by molar-refractivity contribution is 14.1. The lowest BCUT2D eigenvalue weighted by atomic mass is 10.2. The van der Waals surface area contributed by atoms with E-state index in [0.29, 0.717) is 21.9 Å². The molecule has 28 heavy (non-hydrogen) atoms. The summed E-state index contributed by atoms with van der Waals surface area (Å²) in [7, 11) is 0. The van der Waals surface area contributed by atoms with Crippen LogP contribution in [0.2, 0.25) is 5.02 Å². The first-order chi connectivity index (χ1) is 13.5. The van der Waals surface area contributed by atoms with Gasteiger partial charge in [0.25, 0.3) is 5.91 Å². The van der Waals surface area contributed by atoms with Gasteiger partial charge in [0.05, 0.1) is 17.3 Å². The fourth-order valence-electron chi connectivity index (χ4n) is 2.27. The van der Waals surface area contributed by atoms with Crippen molar-refractivity contribution in [3.63, 3.8) is 0 Å². The van der Waals surface area contributed by atoms with Gasteiger partial charge in [0.2, 0.25) is 0 Å². The monoisotopic (exact) mass is 504 g/mol. The Bertz CT molecular complexity index is 1040. The summed E-state index contributed by atoms with van der Waals surface area (Å²) in [6.45, 7) is 0. The molecule has 0 aromatic heterocycles. The summed E-state index contributed by atoms with van der Waals surface area (Å²) in [6, 6.07) is 20.5. The number of hydrazone groups is 1. The van der Waals surface area contributed by atoms with Gasteiger partial charge in [-0.25, -0.2) is 10.2 Å². The molecule has 0 radical (unpaired) electrons. The first kappa shape index (κ1) is 20.0. The van der Waals surface area contributed by atoms with Crippen LogP contribution in [0.4, 0.5) is 0 Å². The van der Waals surface area contributed by atoms with Crippen molar-refractivity contribution in [2.75, 3.05) is 0 Å². The SMILES string of the molecule is O=C(Oc1ccc(C=NNC(=O)c2ccccc2I)cc1)c1cccc(Cl)c1. The predicted molar refractivity (Wildman–Crippen MR) is 117 cm³/mol. The highest BCUT2D eigenvalue weighted by Crippen LogP contribution is 2.16. The van der Waals surface area contributed by atoms with Gasteiger partial charge in [0.15, 0.2) is 0 Å². The van der Waals surface area contributed by atoms with Crippen LogP contribution in [-0.4, -0.2) is 18.1 Å². The average Bonchev–Trinajstić information content (AvgIpc) is 2.69. The number of halogens is 2. The zero-order valence-corrected chi connectivity index (χ0v) is 17.3. The van der Waals surface area contributed by atoms with E-state index in [1.807, 2.05) is 12.1 Å². The average molecular weight is 505 g/mol. The molecule has 0 fully saturated rings. The Morgan fingerprint density at radius 1 is 1.00 bits per heavy atom. The Labute approximate surface area is 180 Å². The van der Waals surface area contributed by atoms with Crippen LogP contribution in [0.3, 0.4) is 0 Å². The van der Waals surface area contributed by atoms with Gasteiger partial charge in [-0.05, 0) is 82.8 Å². The highest BCUT2D eigenvalue weighted by atomic mass is 127. The quantitative estimate of drug-likeness (QED) is 0.176. The van der Waals surface area contributed by atoms with Crippen LogP contribution in [0.1, 0.15) is 26.3 Å². The molecular weight excluding hydrogens is 491 g/mol. The smallest absolute Gasteiger partial charge is 0.343 e. The number of nitrogens with one attached hydrogen (secondary N) is 1. The topological polar surface area (TPSA) is 67.8 Å². The molecular formula is C21H14ClIN2O3. The van der Waals surface area contributed by atoms with Gasteiger partial charge in [-0.3, -0.25) is 4.79 Å². The Morgan fingerprint density at radius 2 is 1.75 bits per heavy atom. The van der Waals surface area contributed by atoms with E-state index in [4.69, 9.17) is 16.3 Å². The molecule has 0 aliphatic heterocycles. The number of benzene rings is 3. The summed E-state index contributed by atoms with van der Waals surface area (Å²) in [6.07, 6.45) is 1.51. The first-order valence-corrected chi connectivity index (χ1v) is 9.64. The molecule has 0 spiro atoms. The molecule has 0 saturated heterocycles. The molecule has 0 atom stereocenters.